The molecule has 3 N–H and O–H groups in total. The summed E-state index contributed by atoms with van der Waals surface area (Å²) in [6, 6.07) is 26.2. The second-order valence-electron chi connectivity index (χ2n) is 19.7. The van der Waals surface area contributed by atoms with Gasteiger partial charge < -0.3 is 43.6 Å². The predicted octanol–water partition coefficient (Wildman–Crippen LogP) is 6.77. The number of Topliss-reactive ketones (excluding diaryl/α,β-unsaturated/α-hetero) is 1. The summed E-state index contributed by atoms with van der Waals surface area (Å²) < 4.78 is 38.3. The third-order valence-corrected chi connectivity index (χ3v) is 20.4. The third-order valence-electron chi connectivity index (χ3n) is 15.8. The standard InChI is InChI=1S/C53H65NO14Si/c1-10-69(11-2,12-3)68-43(41(34-22-16-13-17-23-34)54-47(59)35-24-18-14-19-25-35)49(61)65-37-29-53(62)46(66-48(60)36-26-20-15-21-27-36)44-51(9,38(57)28-39-52(44,30-63-39)67-33(6)56)45(58)42(64-32(5)55)40(31(37)4)50(53,7)8/h13-27,37-39,41-44,46,57,62H,10-12,28-30H2,1-9H3,(H,54,59)/t37-,38-,39+,41-,42+,43+,44-,46-,51+,52-,53+/m0/s1. The molecule has 0 unspecified atom stereocenters. The molecule has 1 aliphatic heterocycles. The van der Waals surface area contributed by atoms with Crippen molar-refractivity contribution in [2.75, 3.05) is 6.61 Å². The zero-order valence-electron chi connectivity index (χ0n) is 40.8. The van der Waals surface area contributed by atoms with Gasteiger partial charge in [-0.3, -0.25) is 19.2 Å². The number of carbonyl (C=O) groups excluding carboxylic acids is 6. The topological polar surface area (TPSA) is 210 Å². The molecule has 4 aliphatic rings. The lowest BCUT2D eigenvalue weighted by Gasteiger charge is -2.67. The van der Waals surface area contributed by atoms with E-state index < -0.39 is 121 Å². The Bertz CT molecular complexity index is 2450. The van der Waals surface area contributed by atoms with E-state index in [1.165, 1.54) is 26.0 Å². The summed E-state index contributed by atoms with van der Waals surface area (Å²) in [6.07, 6.45) is -9.69. The van der Waals surface area contributed by atoms with Crippen LogP contribution in [0.3, 0.4) is 0 Å². The fourth-order valence-corrected chi connectivity index (χ4v) is 14.3. The van der Waals surface area contributed by atoms with Crippen LogP contribution in [0.4, 0.5) is 0 Å². The predicted molar refractivity (Wildman–Crippen MR) is 254 cm³/mol. The smallest absolute Gasteiger partial charge is 0.338 e. The van der Waals surface area contributed by atoms with E-state index in [1.807, 2.05) is 26.8 Å². The van der Waals surface area contributed by atoms with Crippen LogP contribution < -0.4 is 5.32 Å². The second kappa shape index (κ2) is 19.7. The highest BCUT2D eigenvalue weighted by molar-refractivity contribution is 6.73. The Morgan fingerprint density at radius 1 is 0.812 bits per heavy atom. The molecule has 2 bridgehead atoms. The van der Waals surface area contributed by atoms with E-state index in [0.29, 0.717) is 29.3 Å². The van der Waals surface area contributed by atoms with Gasteiger partial charge in [-0.15, -0.1) is 0 Å². The molecule has 11 atom stereocenters. The van der Waals surface area contributed by atoms with Crippen LogP contribution in [0, 0.1) is 16.7 Å². The van der Waals surface area contributed by atoms with Crippen molar-refractivity contribution in [1.29, 1.82) is 0 Å². The van der Waals surface area contributed by atoms with Crippen LogP contribution >= 0.6 is 0 Å². The Hall–Kier alpha value is -5.52. The number of ketones is 1. The Labute approximate surface area is 404 Å². The molecule has 0 spiro atoms. The first-order valence-electron chi connectivity index (χ1n) is 23.8. The lowest BCUT2D eigenvalue weighted by Crippen LogP contribution is -2.82. The number of hydrogen-bond donors (Lipinski definition) is 3. The molecule has 0 aromatic heterocycles. The molecular weight excluding hydrogens is 903 g/mol. The van der Waals surface area contributed by atoms with Crippen molar-refractivity contribution in [2.45, 2.75) is 147 Å². The van der Waals surface area contributed by atoms with Gasteiger partial charge >= 0.3 is 23.9 Å². The molecule has 15 nitrogen and oxygen atoms in total. The zero-order valence-corrected chi connectivity index (χ0v) is 41.8. The lowest BCUT2D eigenvalue weighted by molar-refractivity contribution is -0.346. The van der Waals surface area contributed by atoms with Gasteiger partial charge in [-0.2, -0.15) is 0 Å². The molecular formula is C53H65NO14Si. The van der Waals surface area contributed by atoms with Gasteiger partial charge in [-0.25, -0.2) is 9.59 Å². The van der Waals surface area contributed by atoms with Gasteiger partial charge in [0, 0.05) is 37.7 Å². The van der Waals surface area contributed by atoms with Crippen molar-refractivity contribution in [3.05, 3.63) is 119 Å². The average molecular weight is 968 g/mol. The van der Waals surface area contributed by atoms with Gasteiger partial charge in [0.15, 0.2) is 31.9 Å². The molecule has 3 aliphatic carbocycles. The monoisotopic (exact) mass is 967 g/mol. The van der Waals surface area contributed by atoms with Crippen LogP contribution in [0.2, 0.25) is 18.1 Å². The van der Waals surface area contributed by atoms with Crippen molar-refractivity contribution in [3.63, 3.8) is 0 Å². The van der Waals surface area contributed by atoms with Gasteiger partial charge in [0.05, 0.1) is 35.6 Å². The van der Waals surface area contributed by atoms with Crippen LogP contribution in [0.15, 0.2) is 102 Å². The summed E-state index contributed by atoms with van der Waals surface area (Å²) in [5.74, 6) is -6.25. The summed E-state index contributed by atoms with van der Waals surface area (Å²) >= 11 is 0. The van der Waals surface area contributed by atoms with Gasteiger partial charge in [0.1, 0.15) is 23.9 Å². The number of hydrogen-bond acceptors (Lipinski definition) is 14. The Morgan fingerprint density at radius 3 is 1.90 bits per heavy atom. The lowest BCUT2D eigenvalue weighted by atomic mass is 9.44. The van der Waals surface area contributed by atoms with Crippen LogP contribution in [0.25, 0.3) is 0 Å². The quantitative estimate of drug-likeness (QED) is 0.0622. The first-order chi connectivity index (χ1) is 32.6. The molecule has 370 valence electrons. The maximum Gasteiger partial charge on any atom is 0.338 e. The maximum atomic E-state index is 15.8. The highest BCUT2D eigenvalue weighted by atomic mass is 28.4. The van der Waals surface area contributed by atoms with Gasteiger partial charge in [-0.05, 0) is 73.0 Å². The number of fused-ring (bicyclic) bond motifs is 5. The van der Waals surface area contributed by atoms with E-state index >= 15 is 9.59 Å². The molecule has 2 saturated carbocycles. The van der Waals surface area contributed by atoms with Gasteiger partial charge in [-0.1, -0.05) is 101 Å². The number of rotatable bonds is 15. The van der Waals surface area contributed by atoms with Crippen LogP contribution in [-0.2, 0) is 47.3 Å². The molecule has 69 heavy (non-hydrogen) atoms. The van der Waals surface area contributed by atoms with Crippen molar-refractivity contribution >= 4 is 43.9 Å². The van der Waals surface area contributed by atoms with E-state index in [1.54, 1.807) is 93.6 Å². The summed E-state index contributed by atoms with van der Waals surface area (Å²) in [5, 5.41) is 29.3. The number of amides is 1. The van der Waals surface area contributed by atoms with E-state index in [0.717, 1.165) is 6.92 Å². The Kier molecular flexibility index (Phi) is 14.7. The normalized spacial score (nSPS) is 30.1. The fourth-order valence-electron chi connectivity index (χ4n) is 11.6. The summed E-state index contributed by atoms with van der Waals surface area (Å²) in [5.41, 5.74) is -6.50. The minimum Gasteiger partial charge on any atom is -0.456 e. The number of ether oxygens (including phenoxy) is 5. The van der Waals surface area contributed by atoms with Crippen molar-refractivity contribution in [3.8, 4) is 0 Å². The van der Waals surface area contributed by atoms with Gasteiger partial charge in [0.2, 0.25) is 0 Å². The van der Waals surface area contributed by atoms with Crippen molar-refractivity contribution in [1.82, 2.24) is 5.32 Å². The van der Waals surface area contributed by atoms with Crippen LogP contribution in [0.5, 0.6) is 0 Å². The number of aliphatic hydroxyl groups excluding tert-OH is 1. The second-order valence-corrected chi connectivity index (χ2v) is 24.4. The number of nitrogens with one attached hydrogen (secondary N) is 1. The van der Waals surface area contributed by atoms with E-state index in [-0.39, 0.29) is 29.7 Å². The molecule has 3 aromatic rings. The van der Waals surface area contributed by atoms with E-state index in [9.17, 15) is 29.4 Å². The molecule has 3 fully saturated rings. The summed E-state index contributed by atoms with van der Waals surface area (Å²) in [6.45, 7) is 14.3. The van der Waals surface area contributed by atoms with Crippen LogP contribution in [-0.4, -0.2) is 109 Å². The minimum absolute atomic E-state index is 0.0595. The SMILES string of the molecule is CC[Si](CC)(CC)O[C@@H](C(=O)O[C@H]1C[C@@]2(O)[C@@H](OC(=O)c3ccccc3)[C@@H]3[C@]4(OC(C)=O)CO[C@@H]4C[C@H](O)[C@@]3(C)C(=O)[C@H](OC(C)=O)C(=C1C)C2(C)C)[C@@H](NC(=O)c1ccccc1)c1ccccc1. The minimum atomic E-state index is -2.74. The molecule has 7 rings (SSSR count). The van der Waals surface area contributed by atoms with Crippen LogP contribution in [0.1, 0.15) is 107 Å². The molecule has 0 radical (unpaired) electrons. The van der Waals surface area contributed by atoms with E-state index in [2.05, 4.69) is 5.32 Å². The van der Waals surface area contributed by atoms with Gasteiger partial charge in [0.25, 0.3) is 5.91 Å². The number of aliphatic hydroxyl groups is 2. The third kappa shape index (κ3) is 8.98. The Balaban J connectivity index is 1.44. The molecule has 3 aromatic carbocycles. The molecule has 1 heterocycles. The summed E-state index contributed by atoms with van der Waals surface area (Å²) in [7, 11) is -2.74. The highest BCUT2D eigenvalue weighted by Gasteiger charge is 2.78. The van der Waals surface area contributed by atoms with Crippen molar-refractivity contribution in [2.24, 2.45) is 16.7 Å². The highest BCUT2D eigenvalue weighted by Crippen LogP contribution is 2.64. The molecule has 1 amide bonds. The molecule has 16 heteroatoms. The average Bonchev–Trinajstić information content (AvgIpc) is 3.33. The number of benzene rings is 3. The first-order valence-corrected chi connectivity index (χ1v) is 26.4. The molecule has 1 saturated heterocycles. The number of carbonyl (C=O) groups is 6. The Morgan fingerprint density at radius 2 is 1.38 bits per heavy atom. The number of esters is 4. The largest absolute Gasteiger partial charge is 0.456 e. The van der Waals surface area contributed by atoms with E-state index in [4.69, 9.17) is 28.1 Å². The zero-order chi connectivity index (χ0) is 50.3. The van der Waals surface area contributed by atoms with Crippen molar-refractivity contribution < 1.29 is 67.1 Å². The summed E-state index contributed by atoms with van der Waals surface area (Å²) in [4.78, 5) is 86.2. The first kappa shape index (κ1) is 51.3. The maximum absolute atomic E-state index is 15.8. The fraction of sp³-hybridized carbons (Fsp3) is 0.509.